The molecular formula is C11H12F2O3. The quantitative estimate of drug-likeness (QED) is 0.846. The van der Waals surface area contributed by atoms with Gasteiger partial charge in [-0.2, -0.15) is 0 Å². The fraction of sp³-hybridized carbons (Fsp3) is 0.455. The predicted octanol–water partition coefficient (Wildman–Crippen LogP) is 2.15. The van der Waals surface area contributed by atoms with Crippen molar-refractivity contribution in [1.29, 1.82) is 0 Å². The lowest BCUT2D eigenvalue weighted by atomic mass is 10.1. The fourth-order valence-electron chi connectivity index (χ4n) is 1.51. The van der Waals surface area contributed by atoms with E-state index >= 15 is 0 Å². The molecule has 1 aliphatic heterocycles. The molecule has 5 heteroatoms. The maximum atomic E-state index is 12.3. The predicted molar refractivity (Wildman–Crippen MR) is 53.0 cm³/mol. The molecule has 2 rings (SSSR count). The van der Waals surface area contributed by atoms with E-state index in [2.05, 4.69) is 0 Å². The minimum atomic E-state index is -2.80. The van der Waals surface area contributed by atoms with E-state index in [9.17, 15) is 13.9 Å². The molecular weight excluding hydrogens is 218 g/mol. The van der Waals surface area contributed by atoms with Crippen LogP contribution in [-0.4, -0.2) is 24.7 Å². The van der Waals surface area contributed by atoms with Gasteiger partial charge in [-0.1, -0.05) is 6.07 Å². The van der Waals surface area contributed by atoms with Gasteiger partial charge < -0.3 is 14.6 Å². The topological polar surface area (TPSA) is 38.7 Å². The number of ether oxygens (including phenoxy) is 2. The summed E-state index contributed by atoms with van der Waals surface area (Å²) in [5.74, 6) is 0.942. The third-order valence-corrected chi connectivity index (χ3v) is 2.35. The molecule has 0 radical (unpaired) electrons. The first kappa shape index (κ1) is 11.1. The standard InChI is InChI=1S/C11H12F2O3/c12-11(13)10(14)7-2-3-8-9(6-7)16-5-1-4-15-8/h2-3,6,10-11,14H,1,4-5H2. The van der Waals surface area contributed by atoms with Gasteiger partial charge in [-0.25, -0.2) is 8.78 Å². The minimum Gasteiger partial charge on any atom is -0.490 e. The van der Waals surface area contributed by atoms with Gasteiger partial charge in [-0.15, -0.1) is 0 Å². The van der Waals surface area contributed by atoms with Crippen LogP contribution in [0.3, 0.4) is 0 Å². The fourth-order valence-corrected chi connectivity index (χ4v) is 1.51. The number of aliphatic hydroxyl groups excluding tert-OH is 1. The smallest absolute Gasteiger partial charge is 0.268 e. The van der Waals surface area contributed by atoms with Gasteiger partial charge in [0.2, 0.25) is 0 Å². The molecule has 0 saturated heterocycles. The van der Waals surface area contributed by atoms with Crippen molar-refractivity contribution in [3.63, 3.8) is 0 Å². The molecule has 0 spiro atoms. The van der Waals surface area contributed by atoms with Crippen LogP contribution in [-0.2, 0) is 0 Å². The van der Waals surface area contributed by atoms with Gasteiger partial charge >= 0.3 is 0 Å². The minimum absolute atomic E-state index is 0.138. The van der Waals surface area contributed by atoms with E-state index in [1.807, 2.05) is 0 Å². The summed E-state index contributed by atoms with van der Waals surface area (Å²) in [6, 6.07) is 4.36. The van der Waals surface area contributed by atoms with Crippen LogP contribution in [0.4, 0.5) is 8.78 Å². The number of hydrogen-bond acceptors (Lipinski definition) is 3. The van der Waals surface area contributed by atoms with E-state index in [0.717, 1.165) is 6.42 Å². The van der Waals surface area contributed by atoms with Crippen molar-refractivity contribution in [2.24, 2.45) is 0 Å². The molecule has 0 bridgehead atoms. The van der Waals surface area contributed by atoms with Gasteiger partial charge in [0.05, 0.1) is 13.2 Å². The highest BCUT2D eigenvalue weighted by molar-refractivity contribution is 5.44. The lowest BCUT2D eigenvalue weighted by Gasteiger charge is -2.13. The summed E-state index contributed by atoms with van der Waals surface area (Å²) in [7, 11) is 0. The van der Waals surface area contributed by atoms with Crippen molar-refractivity contribution in [1.82, 2.24) is 0 Å². The van der Waals surface area contributed by atoms with Crippen molar-refractivity contribution in [3.8, 4) is 11.5 Å². The van der Waals surface area contributed by atoms with E-state index in [1.165, 1.54) is 12.1 Å². The average molecular weight is 230 g/mol. The number of benzene rings is 1. The number of aliphatic hydroxyl groups is 1. The van der Waals surface area contributed by atoms with E-state index in [0.29, 0.717) is 24.7 Å². The molecule has 0 saturated carbocycles. The molecule has 0 aromatic heterocycles. The lowest BCUT2D eigenvalue weighted by Crippen LogP contribution is -2.08. The monoisotopic (exact) mass is 230 g/mol. The summed E-state index contributed by atoms with van der Waals surface area (Å²) in [6.45, 7) is 1.03. The molecule has 1 aromatic carbocycles. The summed E-state index contributed by atoms with van der Waals surface area (Å²) < 4.78 is 35.3. The van der Waals surface area contributed by atoms with Gasteiger partial charge in [-0.3, -0.25) is 0 Å². The Kier molecular flexibility index (Phi) is 3.24. The second-order valence-corrected chi connectivity index (χ2v) is 3.54. The third kappa shape index (κ3) is 2.24. The van der Waals surface area contributed by atoms with E-state index in [-0.39, 0.29) is 5.56 Å². The molecule has 0 fully saturated rings. The Balaban J connectivity index is 2.27. The van der Waals surface area contributed by atoms with Crippen LogP contribution in [0.2, 0.25) is 0 Å². The average Bonchev–Trinajstić information content (AvgIpc) is 2.51. The van der Waals surface area contributed by atoms with Crippen LogP contribution in [0.5, 0.6) is 11.5 Å². The number of alkyl halides is 2. The van der Waals surface area contributed by atoms with Crippen LogP contribution in [0.1, 0.15) is 18.1 Å². The maximum absolute atomic E-state index is 12.3. The Labute approximate surface area is 91.6 Å². The van der Waals surface area contributed by atoms with Gasteiger partial charge in [0.15, 0.2) is 11.5 Å². The first-order valence-electron chi connectivity index (χ1n) is 5.04. The maximum Gasteiger partial charge on any atom is 0.268 e. The molecule has 1 N–H and O–H groups in total. The number of hydrogen-bond donors (Lipinski definition) is 1. The van der Waals surface area contributed by atoms with Crippen molar-refractivity contribution in [2.75, 3.05) is 13.2 Å². The highest BCUT2D eigenvalue weighted by Gasteiger charge is 2.21. The van der Waals surface area contributed by atoms with Crippen LogP contribution in [0.25, 0.3) is 0 Å². The van der Waals surface area contributed by atoms with E-state index in [4.69, 9.17) is 9.47 Å². The van der Waals surface area contributed by atoms with Gasteiger partial charge in [0.1, 0.15) is 6.10 Å². The van der Waals surface area contributed by atoms with E-state index < -0.39 is 12.5 Å². The summed E-state index contributed by atoms with van der Waals surface area (Å²) in [5, 5.41) is 9.22. The zero-order valence-electron chi connectivity index (χ0n) is 8.53. The van der Waals surface area contributed by atoms with Gasteiger partial charge in [0.25, 0.3) is 6.43 Å². The summed E-state index contributed by atoms with van der Waals surface area (Å²) in [4.78, 5) is 0. The van der Waals surface area contributed by atoms with Gasteiger partial charge in [-0.05, 0) is 17.7 Å². The molecule has 3 nitrogen and oxygen atoms in total. The zero-order valence-corrected chi connectivity index (χ0v) is 8.53. The van der Waals surface area contributed by atoms with Crippen molar-refractivity contribution >= 4 is 0 Å². The van der Waals surface area contributed by atoms with Crippen molar-refractivity contribution < 1.29 is 23.4 Å². The zero-order chi connectivity index (χ0) is 11.5. The van der Waals surface area contributed by atoms with Crippen LogP contribution >= 0.6 is 0 Å². The first-order valence-corrected chi connectivity index (χ1v) is 5.04. The van der Waals surface area contributed by atoms with Crippen LogP contribution in [0, 0.1) is 0 Å². The third-order valence-electron chi connectivity index (χ3n) is 2.35. The Morgan fingerprint density at radius 3 is 2.50 bits per heavy atom. The number of rotatable bonds is 2. The molecule has 1 aliphatic rings. The SMILES string of the molecule is OC(c1ccc2c(c1)OCCCO2)C(F)F. The largest absolute Gasteiger partial charge is 0.490 e. The molecule has 0 aliphatic carbocycles. The molecule has 1 unspecified atom stereocenters. The number of halogens is 2. The molecule has 1 heterocycles. The Hall–Kier alpha value is -1.36. The molecule has 1 atom stereocenters. The first-order chi connectivity index (χ1) is 7.68. The van der Waals surface area contributed by atoms with Crippen LogP contribution in [0.15, 0.2) is 18.2 Å². The normalized spacial score (nSPS) is 17.0. The second kappa shape index (κ2) is 4.65. The van der Waals surface area contributed by atoms with Gasteiger partial charge in [0, 0.05) is 6.42 Å². The Morgan fingerprint density at radius 1 is 1.12 bits per heavy atom. The summed E-state index contributed by atoms with van der Waals surface area (Å²) in [6.07, 6.45) is -3.83. The van der Waals surface area contributed by atoms with E-state index in [1.54, 1.807) is 6.07 Å². The van der Waals surface area contributed by atoms with Crippen molar-refractivity contribution in [3.05, 3.63) is 23.8 Å². The molecule has 88 valence electrons. The van der Waals surface area contributed by atoms with Crippen LogP contribution < -0.4 is 9.47 Å². The molecule has 16 heavy (non-hydrogen) atoms. The Bertz CT molecular complexity index is 368. The second-order valence-electron chi connectivity index (χ2n) is 3.54. The molecule has 0 amide bonds. The highest BCUT2D eigenvalue weighted by atomic mass is 19.3. The lowest BCUT2D eigenvalue weighted by molar-refractivity contribution is -0.00590. The summed E-state index contributed by atoms with van der Waals surface area (Å²) in [5.41, 5.74) is 0.138. The Morgan fingerprint density at radius 2 is 1.81 bits per heavy atom. The number of fused-ring (bicyclic) bond motifs is 1. The van der Waals surface area contributed by atoms with Crippen molar-refractivity contribution in [2.45, 2.75) is 19.0 Å². The molecule has 1 aromatic rings. The summed E-state index contributed by atoms with van der Waals surface area (Å²) >= 11 is 0. The highest BCUT2D eigenvalue weighted by Crippen LogP contribution is 2.33.